The topological polar surface area (TPSA) is 46.5 Å². The average molecular weight is 234 g/mol. The highest BCUT2D eigenvalue weighted by Gasteiger charge is 2.20. The summed E-state index contributed by atoms with van der Waals surface area (Å²) in [4.78, 5) is 10.4. The molecule has 1 aromatic carbocycles. The fourth-order valence-corrected chi connectivity index (χ4v) is 1.20. The van der Waals surface area contributed by atoms with Gasteiger partial charge >= 0.3 is 12.6 Å². The van der Waals surface area contributed by atoms with Crippen molar-refractivity contribution >= 4 is 5.97 Å². The molecule has 0 radical (unpaired) electrons. The lowest BCUT2D eigenvalue weighted by Crippen LogP contribution is -2.13. The van der Waals surface area contributed by atoms with Crippen LogP contribution in [0.3, 0.4) is 0 Å². The summed E-state index contributed by atoms with van der Waals surface area (Å²) in [6.45, 7) is -3.07. The summed E-state index contributed by atoms with van der Waals surface area (Å²) in [5.74, 6) is -1.80. The molecule has 0 heterocycles. The largest absolute Gasteiger partial charge is 0.481 e. The van der Waals surface area contributed by atoms with Gasteiger partial charge in [0, 0.05) is 0 Å². The Morgan fingerprint density at radius 3 is 2.31 bits per heavy atom. The molecule has 0 fully saturated rings. The molecule has 0 aliphatic rings. The number of rotatable bonds is 5. The van der Waals surface area contributed by atoms with Crippen LogP contribution in [0.1, 0.15) is 18.1 Å². The first kappa shape index (κ1) is 12.5. The van der Waals surface area contributed by atoms with E-state index < -0.39 is 30.9 Å². The van der Waals surface area contributed by atoms with Crippen molar-refractivity contribution in [2.75, 3.05) is 0 Å². The van der Waals surface area contributed by atoms with Crippen LogP contribution >= 0.6 is 0 Å². The maximum Gasteiger partial charge on any atom is 0.345 e. The highest BCUT2D eigenvalue weighted by molar-refractivity contribution is 5.67. The van der Waals surface area contributed by atoms with Crippen molar-refractivity contribution in [3.05, 3.63) is 35.6 Å². The van der Waals surface area contributed by atoms with E-state index >= 15 is 0 Å². The Bertz CT molecular complexity index is 351. The Balaban J connectivity index is 2.82. The van der Waals surface area contributed by atoms with E-state index in [1.54, 1.807) is 0 Å². The van der Waals surface area contributed by atoms with E-state index in [0.717, 1.165) is 12.1 Å². The number of carboxylic acids is 1. The maximum absolute atomic E-state index is 12.6. The van der Waals surface area contributed by atoms with Gasteiger partial charge in [-0.1, -0.05) is 12.1 Å². The van der Waals surface area contributed by atoms with Crippen molar-refractivity contribution in [2.24, 2.45) is 0 Å². The van der Waals surface area contributed by atoms with Crippen LogP contribution in [-0.4, -0.2) is 17.7 Å². The first-order valence-electron chi connectivity index (χ1n) is 4.40. The van der Waals surface area contributed by atoms with Crippen molar-refractivity contribution in [3.63, 3.8) is 0 Å². The van der Waals surface area contributed by atoms with Crippen LogP contribution in [0, 0.1) is 5.82 Å². The zero-order valence-electron chi connectivity index (χ0n) is 8.07. The highest BCUT2D eigenvalue weighted by atomic mass is 19.3. The number of carbonyl (C=O) groups is 1. The Kier molecular flexibility index (Phi) is 4.30. The number of hydrogen-bond donors (Lipinski definition) is 1. The summed E-state index contributed by atoms with van der Waals surface area (Å²) in [6, 6.07) is 4.54. The van der Waals surface area contributed by atoms with E-state index in [4.69, 9.17) is 5.11 Å². The van der Waals surface area contributed by atoms with Crippen molar-refractivity contribution in [3.8, 4) is 0 Å². The molecule has 1 N–H and O–H groups in total. The molecule has 0 aliphatic carbocycles. The van der Waals surface area contributed by atoms with E-state index in [0.29, 0.717) is 0 Å². The third-order valence-electron chi connectivity index (χ3n) is 1.87. The van der Waals surface area contributed by atoms with Gasteiger partial charge in [0.15, 0.2) is 0 Å². The van der Waals surface area contributed by atoms with Crippen LogP contribution in [0.4, 0.5) is 13.2 Å². The number of ether oxygens (including phenoxy) is 1. The van der Waals surface area contributed by atoms with Gasteiger partial charge in [0.25, 0.3) is 0 Å². The second kappa shape index (κ2) is 5.50. The molecule has 0 aromatic heterocycles. The van der Waals surface area contributed by atoms with Gasteiger partial charge in [-0.2, -0.15) is 8.78 Å². The lowest BCUT2D eigenvalue weighted by Gasteiger charge is -2.15. The smallest absolute Gasteiger partial charge is 0.345 e. The van der Waals surface area contributed by atoms with Gasteiger partial charge in [0.2, 0.25) is 0 Å². The minimum absolute atomic E-state index is 0.198. The molecular weight excluding hydrogens is 225 g/mol. The SMILES string of the molecule is O=C(O)CC(OC(F)F)c1ccc(F)cc1. The molecule has 1 aromatic rings. The van der Waals surface area contributed by atoms with Crippen molar-refractivity contribution in [2.45, 2.75) is 19.1 Å². The predicted molar refractivity (Wildman–Crippen MR) is 48.5 cm³/mol. The molecule has 1 unspecified atom stereocenters. The number of benzene rings is 1. The van der Waals surface area contributed by atoms with Gasteiger partial charge in [-0.3, -0.25) is 4.79 Å². The Labute approximate surface area is 89.5 Å². The number of hydrogen-bond acceptors (Lipinski definition) is 2. The van der Waals surface area contributed by atoms with Crippen molar-refractivity contribution < 1.29 is 27.8 Å². The molecule has 0 saturated heterocycles. The number of carboxylic acid groups (broad SMARTS) is 1. The monoisotopic (exact) mass is 234 g/mol. The van der Waals surface area contributed by atoms with Crippen LogP contribution in [0.2, 0.25) is 0 Å². The quantitative estimate of drug-likeness (QED) is 0.851. The molecule has 0 amide bonds. The molecule has 0 spiro atoms. The summed E-state index contributed by atoms with van der Waals surface area (Å²) >= 11 is 0. The summed E-state index contributed by atoms with van der Waals surface area (Å²) < 4.78 is 40.7. The molecule has 0 bridgehead atoms. The summed E-state index contributed by atoms with van der Waals surface area (Å²) in [5.41, 5.74) is 0.198. The van der Waals surface area contributed by atoms with Crippen LogP contribution in [-0.2, 0) is 9.53 Å². The first-order chi connectivity index (χ1) is 7.49. The number of alkyl halides is 2. The fourth-order valence-electron chi connectivity index (χ4n) is 1.20. The lowest BCUT2D eigenvalue weighted by atomic mass is 10.1. The van der Waals surface area contributed by atoms with E-state index in [1.165, 1.54) is 12.1 Å². The molecule has 6 heteroatoms. The van der Waals surface area contributed by atoms with Crippen LogP contribution < -0.4 is 0 Å². The maximum atomic E-state index is 12.6. The Morgan fingerprint density at radius 2 is 1.88 bits per heavy atom. The van der Waals surface area contributed by atoms with Crippen molar-refractivity contribution in [1.82, 2.24) is 0 Å². The number of halogens is 3. The van der Waals surface area contributed by atoms with E-state index in [-0.39, 0.29) is 5.56 Å². The second-order valence-electron chi connectivity index (χ2n) is 3.03. The molecule has 1 atom stereocenters. The summed E-state index contributed by atoms with van der Waals surface area (Å²) in [5, 5.41) is 8.51. The minimum Gasteiger partial charge on any atom is -0.481 e. The molecule has 88 valence electrons. The van der Waals surface area contributed by atoms with Gasteiger partial charge in [0.1, 0.15) is 5.82 Å². The van der Waals surface area contributed by atoms with Crippen LogP contribution in [0.15, 0.2) is 24.3 Å². The fraction of sp³-hybridized carbons (Fsp3) is 0.300. The second-order valence-corrected chi connectivity index (χ2v) is 3.03. The third kappa shape index (κ3) is 3.90. The van der Waals surface area contributed by atoms with Gasteiger partial charge in [-0.05, 0) is 17.7 Å². The van der Waals surface area contributed by atoms with Gasteiger partial charge < -0.3 is 9.84 Å². The third-order valence-corrected chi connectivity index (χ3v) is 1.87. The van der Waals surface area contributed by atoms with Gasteiger partial charge in [-0.25, -0.2) is 4.39 Å². The first-order valence-corrected chi connectivity index (χ1v) is 4.40. The molecular formula is C10H9F3O3. The molecule has 3 nitrogen and oxygen atoms in total. The summed E-state index contributed by atoms with van der Waals surface area (Å²) in [6.07, 6.45) is -1.88. The minimum atomic E-state index is -3.07. The molecule has 1 rings (SSSR count). The van der Waals surface area contributed by atoms with E-state index in [1.807, 2.05) is 0 Å². The zero-order valence-corrected chi connectivity index (χ0v) is 8.07. The summed E-state index contributed by atoms with van der Waals surface area (Å²) in [7, 11) is 0. The Morgan fingerprint density at radius 1 is 1.31 bits per heavy atom. The number of aliphatic carboxylic acids is 1. The zero-order chi connectivity index (χ0) is 12.1. The normalized spacial score (nSPS) is 12.8. The average Bonchev–Trinajstić information content (AvgIpc) is 2.16. The van der Waals surface area contributed by atoms with E-state index in [2.05, 4.69) is 4.74 Å². The molecule has 16 heavy (non-hydrogen) atoms. The molecule has 0 aliphatic heterocycles. The molecule has 0 saturated carbocycles. The lowest BCUT2D eigenvalue weighted by molar-refractivity contribution is -0.173. The van der Waals surface area contributed by atoms with E-state index in [9.17, 15) is 18.0 Å². The highest BCUT2D eigenvalue weighted by Crippen LogP contribution is 2.24. The predicted octanol–water partition coefficient (Wildman–Crippen LogP) is 2.58. The van der Waals surface area contributed by atoms with Gasteiger partial charge in [-0.15, -0.1) is 0 Å². The van der Waals surface area contributed by atoms with Crippen LogP contribution in [0.25, 0.3) is 0 Å². The van der Waals surface area contributed by atoms with Gasteiger partial charge in [0.05, 0.1) is 12.5 Å². The standard InChI is InChI=1S/C10H9F3O3/c11-7-3-1-6(2-4-7)8(5-9(14)15)16-10(12)13/h1-4,8,10H,5H2,(H,14,15). The van der Waals surface area contributed by atoms with Crippen molar-refractivity contribution in [1.29, 1.82) is 0 Å². The van der Waals surface area contributed by atoms with Crippen LogP contribution in [0.5, 0.6) is 0 Å². The Hall–Kier alpha value is -1.56.